The summed E-state index contributed by atoms with van der Waals surface area (Å²) in [6.45, 7) is 2.19. The Bertz CT molecular complexity index is 456. The summed E-state index contributed by atoms with van der Waals surface area (Å²) in [6.07, 6.45) is 5.01. The van der Waals surface area contributed by atoms with E-state index < -0.39 is 0 Å². The molecular weight excluding hydrogens is 282 g/mol. The molecule has 0 aliphatic heterocycles. The Morgan fingerprint density at radius 2 is 2.35 bits per heavy atom. The highest BCUT2D eigenvalue weighted by atomic mass is 79.9. The molecule has 1 heterocycles. The second-order valence-electron chi connectivity index (χ2n) is 4.36. The van der Waals surface area contributed by atoms with E-state index >= 15 is 0 Å². The van der Waals surface area contributed by atoms with Crippen LogP contribution in [-0.4, -0.2) is 16.0 Å². The van der Waals surface area contributed by atoms with Gasteiger partial charge < -0.3 is 0 Å². The summed E-state index contributed by atoms with van der Waals surface area (Å²) < 4.78 is 0.720. The molecule has 0 amide bonds. The van der Waals surface area contributed by atoms with E-state index in [1.807, 2.05) is 6.07 Å². The van der Waals surface area contributed by atoms with Gasteiger partial charge in [-0.1, -0.05) is 13.3 Å². The van der Waals surface area contributed by atoms with Gasteiger partial charge in [-0.2, -0.15) is 10.2 Å². The molecule has 0 aromatic carbocycles. The van der Waals surface area contributed by atoms with E-state index in [2.05, 4.69) is 32.8 Å². The first-order valence-electron chi connectivity index (χ1n) is 5.60. The maximum atomic E-state index is 8.80. The number of rotatable bonds is 2. The van der Waals surface area contributed by atoms with Crippen LogP contribution in [0.5, 0.6) is 0 Å². The van der Waals surface area contributed by atoms with Crippen molar-refractivity contribution >= 4 is 21.7 Å². The zero-order chi connectivity index (χ0) is 12.4. The molecule has 0 bridgehead atoms. The fourth-order valence-electron chi connectivity index (χ4n) is 2.29. The van der Waals surface area contributed by atoms with Crippen LogP contribution >= 0.6 is 15.9 Å². The molecule has 1 aromatic rings. The van der Waals surface area contributed by atoms with Gasteiger partial charge in [0, 0.05) is 12.2 Å². The van der Waals surface area contributed by atoms with E-state index in [0.29, 0.717) is 11.7 Å². The molecule has 2 atom stereocenters. The number of nitrogens with zero attached hydrogens (tertiary/aromatic N) is 4. The highest BCUT2D eigenvalue weighted by Crippen LogP contribution is 2.32. The van der Waals surface area contributed by atoms with Crippen molar-refractivity contribution in [2.45, 2.75) is 32.2 Å². The number of hydrogen-bond donors (Lipinski definition) is 1. The number of aromatic nitrogens is 2. The van der Waals surface area contributed by atoms with E-state index in [4.69, 9.17) is 11.1 Å². The first kappa shape index (κ1) is 12.3. The van der Waals surface area contributed by atoms with E-state index in [1.165, 1.54) is 12.8 Å². The molecule has 2 N–H and O–H groups in total. The third kappa shape index (κ3) is 2.40. The van der Waals surface area contributed by atoms with Crippen LogP contribution < -0.4 is 10.9 Å². The Labute approximate surface area is 109 Å². The predicted molar refractivity (Wildman–Crippen MR) is 67.9 cm³/mol. The van der Waals surface area contributed by atoms with Crippen molar-refractivity contribution in [3.8, 4) is 6.07 Å². The molecule has 0 radical (unpaired) electrons. The van der Waals surface area contributed by atoms with Gasteiger partial charge in [0.2, 0.25) is 5.82 Å². The van der Waals surface area contributed by atoms with Crippen LogP contribution in [0.15, 0.2) is 10.7 Å². The Balaban J connectivity index is 2.30. The highest BCUT2D eigenvalue weighted by Gasteiger charge is 2.29. The lowest BCUT2D eigenvalue weighted by Crippen LogP contribution is -2.43. The molecule has 0 spiro atoms. The Morgan fingerprint density at radius 3 is 2.94 bits per heavy atom. The summed E-state index contributed by atoms with van der Waals surface area (Å²) in [5.74, 6) is 7.40. The molecule has 0 saturated heterocycles. The molecule has 2 rings (SSSR count). The zero-order valence-electron chi connectivity index (χ0n) is 9.60. The maximum Gasteiger partial charge on any atom is 0.234 e. The SMILES string of the molecule is CC1CCC[C@H]1N(N)c1nc(C#N)ncc1Br. The number of hydrazine groups is 1. The van der Waals surface area contributed by atoms with Gasteiger partial charge in [0.05, 0.1) is 4.47 Å². The monoisotopic (exact) mass is 295 g/mol. The Hall–Kier alpha value is -1.19. The fourth-order valence-corrected chi connectivity index (χ4v) is 2.69. The normalized spacial score (nSPS) is 23.4. The third-order valence-corrected chi connectivity index (χ3v) is 3.80. The molecule has 1 aromatic heterocycles. The van der Waals surface area contributed by atoms with E-state index in [1.54, 1.807) is 11.2 Å². The molecule has 1 aliphatic carbocycles. The zero-order valence-corrected chi connectivity index (χ0v) is 11.2. The summed E-state index contributed by atoms with van der Waals surface area (Å²) in [5.41, 5.74) is 0. The molecule has 17 heavy (non-hydrogen) atoms. The lowest BCUT2D eigenvalue weighted by Gasteiger charge is -2.28. The topological polar surface area (TPSA) is 78.8 Å². The van der Waals surface area contributed by atoms with Gasteiger partial charge in [0.1, 0.15) is 6.07 Å². The van der Waals surface area contributed by atoms with E-state index in [-0.39, 0.29) is 11.9 Å². The predicted octanol–water partition coefficient (Wildman–Crippen LogP) is 1.98. The standard InChI is InChI=1S/C11H14BrN5/c1-7-3-2-4-9(7)17(14)11-8(12)6-15-10(5-13)16-11/h6-7,9H,2-4,14H2,1H3/t7?,9-/m1/s1. The molecule has 6 heteroatoms. The maximum absolute atomic E-state index is 8.80. The van der Waals surface area contributed by atoms with Crippen LogP contribution in [0.2, 0.25) is 0 Å². The number of hydrogen-bond acceptors (Lipinski definition) is 5. The number of anilines is 1. The minimum Gasteiger partial charge on any atom is -0.290 e. The van der Waals surface area contributed by atoms with Gasteiger partial charge in [-0.3, -0.25) is 5.01 Å². The van der Waals surface area contributed by atoms with Crippen LogP contribution in [0.25, 0.3) is 0 Å². The van der Waals surface area contributed by atoms with E-state index in [0.717, 1.165) is 10.9 Å². The van der Waals surface area contributed by atoms with Crippen molar-refractivity contribution in [2.75, 3.05) is 5.01 Å². The van der Waals surface area contributed by atoms with Crippen LogP contribution in [0.3, 0.4) is 0 Å². The smallest absolute Gasteiger partial charge is 0.234 e. The summed E-state index contributed by atoms with van der Waals surface area (Å²) in [4.78, 5) is 8.04. The van der Waals surface area contributed by atoms with Crippen molar-refractivity contribution < 1.29 is 0 Å². The molecule has 5 nitrogen and oxygen atoms in total. The Kier molecular flexibility index (Phi) is 3.60. The van der Waals surface area contributed by atoms with Gasteiger partial charge >= 0.3 is 0 Å². The molecule has 1 unspecified atom stereocenters. The van der Waals surface area contributed by atoms with Gasteiger partial charge in [-0.05, 0) is 34.7 Å². The second-order valence-corrected chi connectivity index (χ2v) is 5.21. The quantitative estimate of drug-likeness (QED) is 0.667. The summed E-state index contributed by atoms with van der Waals surface area (Å²) >= 11 is 3.37. The fraction of sp³-hybridized carbons (Fsp3) is 0.545. The van der Waals surface area contributed by atoms with Crippen molar-refractivity contribution in [1.82, 2.24) is 9.97 Å². The van der Waals surface area contributed by atoms with Crippen LogP contribution in [0, 0.1) is 17.2 Å². The average molecular weight is 296 g/mol. The van der Waals surface area contributed by atoms with Gasteiger partial charge in [0.15, 0.2) is 5.82 Å². The molecule has 1 saturated carbocycles. The minimum atomic E-state index is 0.143. The van der Waals surface area contributed by atoms with Crippen molar-refractivity contribution in [1.29, 1.82) is 5.26 Å². The summed E-state index contributed by atoms with van der Waals surface area (Å²) in [6, 6.07) is 2.21. The van der Waals surface area contributed by atoms with Crippen LogP contribution in [0.4, 0.5) is 5.82 Å². The number of nitrogens with two attached hydrogens (primary N) is 1. The summed E-state index contributed by atoms with van der Waals surface area (Å²) in [7, 11) is 0. The molecular formula is C11H14BrN5. The van der Waals surface area contributed by atoms with Crippen molar-refractivity contribution in [2.24, 2.45) is 11.8 Å². The Morgan fingerprint density at radius 1 is 1.59 bits per heavy atom. The third-order valence-electron chi connectivity index (χ3n) is 3.24. The lowest BCUT2D eigenvalue weighted by atomic mass is 10.1. The van der Waals surface area contributed by atoms with Gasteiger partial charge in [-0.25, -0.2) is 10.8 Å². The van der Waals surface area contributed by atoms with Gasteiger partial charge in [0.25, 0.3) is 0 Å². The van der Waals surface area contributed by atoms with E-state index in [9.17, 15) is 0 Å². The molecule has 1 fully saturated rings. The highest BCUT2D eigenvalue weighted by molar-refractivity contribution is 9.10. The van der Waals surface area contributed by atoms with Crippen LogP contribution in [-0.2, 0) is 0 Å². The molecule has 1 aliphatic rings. The van der Waals surface area contributed by atoms with Gasteiger partial charge in [-0.15, -0.1) is 0 Å². The second kappa shape index (κ2) is 4.98. The first-order valence-corrected chi connectivity index (χ1v) is 6.39. The van der Waals surface area contributed by atoms with Crippen molar-refractivity contribution in [3.63, 3.8) is 0 Å². The van der Waals surface area contributed by atoms with Crippen molar-refractivity contribution in [3.05, 3.63) is 16.5 Å². The average Bonchev–Trinajstić information content (AvgIpc) is 2.75. The summed E-state index contributed by atoms with van der Waals surface area (Å²) in [5, 5.41) is 10.5. The number of halogens is 1. The molecule has 90 valence electrons. The van der Waals surface area contributed by atoms with Crippen LogP contribution in [0.1, 0.15) is 32.0 Å². The lowest BCUT2D eigenvalue weighted by molar-refractivity contribution is 0.486. The number of nitriles is 1. The first-order chi connectivity index (χ1) is 8.13. The largest absolute Gasteiger partial charge is 0.290 e. The minimum absolute atomic E-state index is 0.143.